The monoisotopic (exact) mass is 230 g/mol. The quantitative estimate of drug-likeness (QED) is 0.666. The number of likely N-dealkylation sites (tertiary alicyclic amines) is 1. The van der Waals surface area contributed by atoms with Crippen LogP contribution in [0.15, 0.2) is 0 Å². The Morgan fingerprint density at radius 3 is 2.69 bits per heavy atom. The van der Waals surface area contributed by atoms with E-state index in [2.05, 4.69) is 5.32 Å². The highest BCUT2D eigenvalue weighted by molar-refractivity contribution is 5.77. The SMILES string of the molecule is COCCNC(=O)N1CC(C)C(C(=O)O)C1. The first kappa shape index (κ1) is 12.8. The van der Waals surface area contributed by atoms with Gasteiger partial charge in [-0.15, -0.1) is 0 Å². The summed E-state index contributed by atoms with van der Waals surface area (Å²) in [5.41, 5.74) is 0. The van der Waals surface area contributed by atoms with Crippen LogP contribution in [0.25, 0.3) is 0 Å². The van der Waals surface area contributed by atoms with Crippen molar-refractivity contribution in [2.45, 2.75) is 6.92 Å². The van der Waals surface area contributed by atoms with E-state index in [9.17, 15) is 9.59 Å². The first-order valence-corrected chi connectivity index (χ1v) is 5.30. The van der Waals surface area contributed by atoms with Gasteiger partial charge >= 0.3 is 12.0 Å². The molecule has 1 heterocycles. The average Bonchev–Trinajstić information content (AvgIpc) is 2.60. The molecular weight excluding hydrogens is 212 g/mol. The number of urea groups is 1. The topological polar surface area (TPSA) is 78.9 Å². The number of hydrogen-bond donors (Lipinski definition) is 2. The third-order valence-corrected chi connectivity index (χ3v) is 2.80. The fourth-order valence-corrected chi connectivity index (χ4v) is 1.83. The Morgan fingerprint density at radius 1 is 1.50 bits per heavy atom. The molecule has 0 saturated carbocycles. The minimum atomic E-state index is -0.834. The van der Waals surface area contributed by atoms with E-state index in [0.29, 0.717) is 19.7 Å². The standard InChI is InChI=1S/C10H18N2O4/c1-7-5-12(6-8(7)9(13)14)10(15)11-3-4-16-2/h7-8H,3-6H2,1-2H3,(H,11,15)(H,13,14). The summed E-state index contributed by atoms with van der Waals surface area (Å²) < 4.78 is 4.81. The van der Waals surface area contributed by atoms with Gasteiger partial charge in [-0.1, -0.05) is 6.92 Å². The van der Waals surface area contributed by atoms with Gasteiger partial charge in [0.2, 0.25) is 0 Å². The number of hydrogen-bond acceptors (Lipinski definition) is 3. The molecule has 0 bridgehead atoms. The molecule has 0 spiro atoms. The molecule has 0 aromatic rings. The van der Waals surface area contributed by atoms with E-state index in [1.165, 1.54) is 0 Å². The highest BCUT2D eigenvalue weighted by atomic mass is 16.5. The van der Waals surface area contributed by atoms with Crippen LogP contribution in [-0.4, -0.2) is 55.4 Å². The molecule has 2 unspecified atom stereocenters. The number of aliphatic carboxylic acids is 1. The van der Waals surface area contributed by atoms with Crippen molar-refractivity contribution < 1.29 is 19.4 Å². The van der Waals surface area contributed by atoms with Crippen LogP contribution in [-0.2, 0) is 9.53 Å². The molecule has 2 N–H and O–H groups in total. The zero-order valence-corrected chi connectivity index (χ0v) is 9.60. The summed E-state index contributed by atoms with van der Waals surface area (Å²) in [5, 5.41) is 11.6. The number of nitrogens with one attached hydrogen (secondary N) is 1. The van der Waals surface area contributed by atoms with Crippen molar-refractivity contribution in [3.8, 4) is 0 Å². The minimum absolute atomic E-state index is 0.00525. The van der Waals surface area contributed by atoms with Crippen molar-refractivity contribution in [1.29, 1.82) is 0 Å². The Hall–Kier alpha value is -1.30. The van der Waals surface area contributed by atoms with Gasteiger partial charge in [0.1, 0.15) is 0 Å². The first-order chi connectivity index (χ1) is 7.56. The van der Waals surface area contributed by atoms with Crippen LogP contribution in [0.3, 0.4) is 0 Å². The number of carboxylic acids is 1. The van der Waals surface area contributed by atoms with E-state index in [0.717, 1.165) is 0 Å². The summed E-state index contributed by atoms with van der Waals surface area (Å²) >= 11 is 0. The van der Waals surface area contributed by atoms with Crippen molar-refractivity contribution in [2.24, 2.45) is 11.8 Å². The van der Waals surface area contributed by atoms with Crippen LogP contribution < -0.4 is 5.32 Å². The molecule has 16 heavy (non-hydrogen) atoms. The van der Waals surface area contributed by atoms with Crippen molar-refractivity contribution in [3.63, 3.8) is 0 Å². The predicted molar refractivity (Wildman–Crippen MR) is 57.1 cm³/mol. The zero-order valence-electron chi connectivity index (χ0n) is 9.60. The minimum Gasteiger partial charge on any atom is -0.481 e. The van der Waals surface area contributed by atoms with E-state index in [-0.39, 0.29) is 18.5 Å². The average molecular weight is 230 g/mol. The summed E-state index contributed by atoms with van der Waals surface area (Å²) in [4.78, 5) is 24.0. The lowest BCUT2D eigenvalue weighted by atomic mass is 9.99. The predicted octanol–water partition coefficient (Wildman–Crippen LogP) is -0.00510. The van der Waals surface area contributed by atoms with E-state index in [4.69, 9.17) is 9.84 Å². The van der Waals surface area contributed by atoms with E-state index >= 15 is 0 Å². The van der Waals surface area contributed by atoms with Gasteiger partial charge in [-0.05, 0) is 5.92 Å². The number of carbonyl (C=O) groups excluding carboxylic acids is 1. The molecule has 0 aliphatic carbocycles. The fourth-order valence-electron chi connectivity index (χ4n) is 1.83. The Balaban J connectivity index is 2.39. The Kier molecular flexibility index (Phi) is 4.54. The van der Waals surface area contributed by atoms with Gasteiger partial charge in [0.05, 0.1) is 12.5 Å². The van der Waals surface area contributed by atoms with Crippen LogP contribution >= 0.6 is 0 Å². The molecular formula is C10H18N2O4. The number of carbonyl (C=O) groups is 2. The number of methoxy groups -OCH3 is 1. The zero-order chi connectivity index (χ0) is 12.1. The molecule has 1 aliphatic rings. The molecule has 92 valence electrons. The smallest absolute Gasteiger partial charge is 0.317 e. The lowest BCUT2D eigenvalue weighted by molar-refractivity contribution is -0.142. The number of amides is 2. The number of nitrogens with zero attached hydrogens (tertiary/aromatic N) is 1. The van der Waals surface area contributed by atoms with E-state index < -0.39 is 11.9 Å². The van der Waals surface area contributed by atoms with Crippen LogP contribution in [0.1, 0.15) is 6.92 Å². The lowest BCUT2D eigenvalue weighted by Gasteiger charge is -2.16. The fraction of sp³-hybridized carbons (Fsp3) is 0.800. The van der Waals surface area contributed by atoms with Crippen molar-refractivity contribution in [3.05, 3.63) is 0 Å². The molecule has 1 rings (SSSR count). The second-order valence-corrected chi connectivity index (χ2v) is 4.05. The van der Waals surface area contributed by atoms with Gasteiger partial charge in [0.25, 0.3) is 0 Å². The van der Waals surface area contributed by atoms with Crippen molar-refractivity contribution in [1.82, 2.24) is 10.2 Å². The molecule has 6 nitrogen and oxygen atoms in total. The second kappa shape index (κ2) is 5.69. The molecule has 6 heteroatoms. The van der Waals surface area contributed by atoms with Gasteiger partial charge < -0.3 is 20.1 Å². The first-order valence-electron chi connectivity index (χ1n) is 5.30. The molecule has 1 aliphatic heterocycles. The van der Waals surface area contributed by atoms with Gasteiger partial charge in [-0.2, -0.15) is 0 Å². The third kappa shape index (κ3) is 3.10. The molecule has 1 saturated heterocycles. The van der Waals surface area contributed by atoms with E-state index in [1.807, 2.05) is 6.92 Å². The summed E-state index contributed by atoms with van der Waals surface area (Å²) in [6.07, 6.45) is 0. The van der Waals surface area contributed by atoms with Gasteiger partial charge in [-0.25, -0.2) is 4.79 Å². The maximum absolute atomic E-state index is 11.6. The second-order valence-electron chi connectivity index (χ2n) is 4.05. The van der Waals surface area contributed by atoms with Gasteiger partial charge in [-0.3, -0.25) is 4.79 Å². The van der Waals surface area contributed by atoms with Gasteiger partial charge in [0, 0.05) is 26.7 Å². The normalized spacial score (nSPS) is 24.5. The Morgan fingerprint density at radius 2 is 2.19 bits per heavy atom. The molecule has 2 atom stereocenters. The maximum Gasteiger partial charge on any atom is 0.317 e. The third-order valence-electron chi connectivity index (χ3n) is 2.80. The maximum atomic E-state index is 11.6. The molecule has 0 aromatic carbocycles. The van der Waals surface area contributed by atoms with Crippen LogP contribution in [0.2, 0.25) is 0 Å². The molecule has 0 radical (unpaired) electrons. The highest BCUT2D eigenvalue weighted by Crippen LogP contribution is 2.22. The largest absolute Gasteiger partial charge is 0.481 e. The summed E-state index contributed by atoms with van der Waals surface area (Å²) in [5.74, 6) is -1.28. The van der Waals surface area contributed by atoms with Crippen LogP contribution in [0, 0.1) is 11.8 Å². The Bertz CT molecular complexity index is 270. The van der Waals surface area contributed by atoms with Crippen LogP contribution in [0.4, 0.5) is 4.79 Å². The number of carboxylic acid groups (broad SMARTS) is 1. The molecule has 2 amide bonds. The number of ether oxygens (including phenoxy) is 1. The molecule has 1 fully saturated rings. The summed E-state index contributed by atoms with van der Waals surface area (Å²) in [6, 6.07) is -0.215. The van der Waals surface area contributed by atoms with Crippen molar-refractivity contribution in [2.75, 3.05) is 33.4 Å². The Labute approximate surface area is 94.6 Å². The van der Waals surface area contributed by atoms with Gasteiger partial charge in [0.15, 0.2) is 0 Å². The summed E-state index contributed by atoms with van der Waals surface area (Å²) in [7, 11) is 1.56. The highest BCUT2D eigenvalue weighted by Gasteiger charge is 2.36. The van der Waals surface area contributed by atoms with Crippen LogP contribution in [0.5, 0.6) is 0 Å². The number of rotatable bonds is 4. The summed E-state index contributed by atoms with van der Waals surface area (Å²) in [6.45, 7) is 3.53. The van der Waals surface area contributed by atoms with Crippen molar-refractivity contribution >= 4 is 12.0 Å². The lowest BCUT2D eigenvalue weighted by Crippen LogP contribution is -2.40. The molecule has 0 aromatic heterocycles. The van der Waals surface area contributed by atoms with E-state index in [1.54, 1.807) is 12.0 Å².